The van der Waals surface area contributed by atoms with Crippen LogP contribution in [0.15, 0.2) is 0 Å². The Labute approximate surface area is 123 Å². The molecule has 1 aromatic heterocycles. The van der Waals surface area contributed by atoms with Gasteiger partial charge in [0.1, 0.15) is 5.01 Å². The van der Waals surface area contributed by atoms with Crippen molar-refractivity contribution in [2.24, 2.45) is 17.2 Å². The normalized spacial score (nSPS) is 20.9. The number of anilines is 1. The smallest absolute Gasteiger partial charge is 0.222 e. The SMILES string of the molecule is CC(C)(C)C1CCC(=O)N(Cc2nnc(NN)s2)CC1. The van der Waals surface area contributed by atoms with E-state index < -0.39 is 0 Å². The molecule has 0 radical (unpaired) electrons. The predicted octanol–water partition coefficient (Wildman–Crippen LogP) is 2.00. The summed E-state index contributed by atoms with van der Waals surface area (Å²) in [7, 11) is 0. The fourth-order valence-corrected chi connectivity index (χ4v) is 3.27. The molecule has 1 aliphatic heterocycles. The van der Waals surface area contributed by atoms with Crippen LogP contribution in [0.4, 0.5) is 5.13 Å². The van der Waals surface area contributed by atoms with Gasteiger partial charge in [0.25, 0.3) is 0 Å². The van der Waals surface area contributed by atoms with Gasteiger partial charge in [-0.1, -0.05) is 32.1 Å². The number of nitrogens with zero attached hydrogens (tertiary/aromatic N) is 3. The molecular weight excluding hydrogens is 274 g/mol. The maximum atomic E-state index is 12.2. The lowest BCUT2D eigenvalue weighted by Gasteiger charge is -2.29. The third kappa shape index (κ3) is 3.67. The maximum absolute atomic E-state index is 12.2. The Bertz CT molecular complexity index is 468. The Balaban J connectivity index is 2.00. The molecule has 7 heteroatoms. The molecule has 6 nitrogen and oxygen atoms in total. The second-order valence-corrected chi connectivity index (χ2v) is 7.41. The van der Waals surface area contributed by atoms with Crippen molar-refractivity contribution in [2.45, 2.75) is 46.6 Å². The summed E-state index contributed by atoms with van der Waals surface area (Å²) in [5, 5.41) is 9.34. The Morgan fingerprint density at radius 2 is 2.15 bits per heavy atom. The van der Waals surface area contributed by atoms with Gasteiger partial charge in [-0.2, -0.15) is 0 Å². The Morgan fingerprint density at radius 1 is 1.40 bits per heavy atom. The van der Waals surface area contributed by atoms with E-state index in [2.05, 4.69) is 36.4 Å². The average Bonchev–Trinajstić information content (AvgIpc) is 2.74. The van der Waals surface area contributed by atoms with Crippen molar-refractivity contribution in [1.82, 2.24) is 15.1 Å². The van der Waals surface area contributed by atoms with Gasteiger partial charge in [-0.25, -0.2) is 5.84 Å². The maximum Gasteiger partial charge on any atom is 0.222 e. The van der Waals surface area contributed by atoms with Crippen molar-refractivity contribution >= 4 is 22.4 Å². The van der Waals surface area contributed by atoms with Crippen molar-refractivity contribution in [3.8, 4) is 0 Å². The van der Waals surface area contributed by atoms with Crippen molar-refractivity contribution in [3.05, 3.63) is 5.01 Å². The number of nitrogens with two attached hydrogens (primary N) is 1. The third-order valence-corrected chi connectivity index (χ3v) is 4.79. The minimum Gasteiger partial charge on any atom is -0.336 e. The predicted molar refractivity (Wildman–Crippen MR) is 79.9 cm³/mol. The zero-order valence-corrected chi connectivity index (χ0v) is 13.2. The van der Waals surface area contributed by atoms with Gasteiger partial charge in [0, 0.05) is 13.0 Å². The number of hydrogen-bond acceptors (Lipinski definition) is 6. The number of nitrogen functional groups attached to an aromatic ring is 1. The fraction of sp³-hybridized carbons (Fsp3) is 0.769. The Morgan fingerprint density at radius 3 is 2.75 bits per heavy atom. The lowest BCUT2D eigenvalue weighted by atomic mass is 9.77. The van der Waals surface area contributed by atoms with E-state index >= 15 is 0 Å². The number of hydrogen-bond donors (Lipinski definition) is 2. The van der Waals surface area contributed by atoms with Gasteiger partial charge in [0.05, 0.1) is 6.54 Å². The van der Waals surface area contributed by atoms with E-state index in [1.165, 1.54) is 11.3 Å². The van der Waals surface area contributed by atoms with E-state index in [1.807, 2.05) is 4.90 Å². The summed E-state index contributed by atoms with van der Waals surface area (Å²) in [5.41, 5.74) is 2.74. The van der Waals surface area contributed by atoms with Crippen LogP contribution in [-0.4, -0.2) is 27.5 Å². The lowest BCUT2D eigenvalue weighted by Crippen LogP contribution is -2.30. The van der Waals surface area contributed by atoms with E-state index in [-0.39, 0.29) is 11.3 Å². The highest BCUT2D eigenvalue weighted by atomic mass is 32.1. The molecule has 1 fully saturated rings. The summed E-state index contributed by atoms with van der Waals surface area (Å²) in [6.45, 7) is 8.09. The topological polar surface area (TPSA) is 84.1 Å². The highest BCUT2D eigenvalue weighted by Gasteiger charge is 2.30. The van der Waals surface area contributed by atoms with Crippen LogP contribution in [0.25, 0.3) is 0 Å². The number of carbonyl (C=O) groups is 1. The molecule has 1 aliphatic rings. The molecule has 2 rings (SSSR count). The van der Waals surface area contributed by atoms with Crippen molar-refractivity contribution in [3.63, 3.8) is 0 Å². The minimum atomic E-state index is 0.217. The second kappa shape index (κ2) is 6.05. The van der Waals surface area contributed by atoms with Crippen LogP contribution in [-0.2, 0) is 11.3 Å². The number of aromatic nitrogens is 2. The highest BCUT2D eigenvalue weighted by molar-refractivity contribution is 7.15. The first-order valence-electron chi connectivity index (χ1n) is 6.97. The molecule has 1 atom stereocenters. The summed E-state index contributed by atoms with van der Waals surface area (Å²) >= 11 is 1.39. The average molecular weight is 297 g/mol. The number of likely N-dealkylation sites (tertiary alicyclic amines) is 1. The van der Waals surface area contributed by atoms with Crippen LogP contribution < -0.4 is 11.3 Å². The largest absolute Gasteiger partial charge is 0.336 e. The number of nitrogens with one attached hydrogen (secondary N) is 1. The van der Waals surface area contributed by atoms with Crippen LogP contribution in [0.2, 0.25) is 0 Å². The molecule has 0 bridgehead atoms. The summed E-state index contributed by atoms with van der Waals surface area (Å²) < 4.78 is 0. The Hall–Kier alpha value is -1.21. The van der Waals surface area contributed by atoms with Crippen molar-refractivity contribution in [1.29, 1.82) is 0 Å². The Kier molecular flexibility index (Phi) is 4.59. The molecular formula is C13H23N5OS. The number of amides is 1. The van der Waals surface area contributed by atoms with Crippen LogP contribution in [0.5, 0.6) is 0 Å². The molecule has 0 spiro atoms. The van der Waals surface area contributed by atoms with Crippen LogP contribution in [0.3, 0.4) is 0 Å². The minimum absolute atomic E-state index is 0.217. The molecule has 0 saturated carbocycles. The first-order chi connectivity index (χ1) is 9.40. The molecule has 112 valence electrons. The molecule has 2 heterocycles. The van der Waals surface area contributed by atoms with Crippen molar-refractivity contribution < 1.29 is 4.79 Å². The lowest BCUT2D eigenvalue weighted by molar-refractivity contribution is -0.131. The van der Waals surface area contributed by atoms with E-state index in [0.29, 0.717) is 24.0 Å². The molecule has 1 amide bonds. The molecule has 1 aromatic rings. The van der Waals surface area contributed by atoms with Gasteiger partial charge in [0.15, 0.2) is 0 Å². The zero-order valence-electron chi connectivity index (χ0n) is 12.3. The molecule has 1 saturated heterocycles. The van der Waals surface area contributed by atoms with Crippen LogP contribution in [0.1, 0.15) is 45.0 Å². The number of rotatable bonds is 3. The van der Waals surface area contributed by atoms with Gasteiger partial charge in [0.2, 0.25) is 11.0 Å². The standard InChI is InChI=1S/C13H23N5OS/c1-13(2,3)9-4-5-11(19)18(7-6-9)8-10-16-17-12(15-14)20-10/h9H,4-8,14H2,1-3H3,(H,15,17). The van der Waals surface area contributed by atoms with Crippen LogP contribution >= 0.6 is 11.3 Å². The molecule has 3 N–H and O–H groups in total. The molecule has 1 unspecified atom stereocenters. The molecule has 0 aliphatic carbocycles. The van der Waals surface area contributed by atoms with Gasteiger partial charge in [-0.05, 0) is 24.2 Å². The van der Waals surface area contributed by atoms with Crippen molar-refractivity contribution in [2.75, 3.05) is 12.0 Å². The van der Waals surface area contributed by atoms with E-state index in [1.54, 1.807) is 0 Å². The summed E-state index contributed by atoms with van der Waals surface area (Å²) in [4.78, 5) is 14.1. The summed E-state index contributed by atoms with van der Waals surface area (Å²) in [6.07, 6.45) is 2.66. The summed E-state index contributed by atoms with van der Waals surface area (Å²) in [6, 6.07) is 0. The third-order valence-electron chi connectivity index (χ3n) is 3.95. The second-order valence-electron chi connectivity index (χ2n) is 6.35. The molecule has 0 aromatic carbocycles. The van der Waals surface area contributed by atoms with E-state index in [0.717, 1.165) is 24.4 Å². The van der Waals surface area contributed by atoms with E-state index in [9.17, 15) is 4.79 Å². The number of hydrazine groups is 1. The van der Waals surface area contributed by atoms with Gasteiger partial charge >= 0.3 is 0 Å². The van der Waals surface area contributed by atoms with Gasteiger partial charge in [-0.15, -0.1) is 10.2 Å². The van der Waals surface area contributed by atoms with Gasteiger partial charge in [-0.3, -0.25) is 10.2 Å². The molecule has 20 heavy (non-hydrogen) atoms. The monoisotopic (exact) mass is 297 g/mol. The van der Waals surface area contributed by atoms with Crippen LogP contribution in [0, 0.1) is 11.3 Å². The first-order valence-corrected chi connectivity index (χ1v) is 7.78. The zero-order chi connectivity index (χ0) is 14.8. The fourth-order valence-electron chi connectivity index (χ4n) is 2.61. The first kappa shape index (κ1) is 15.2. The number of carbonyl (C=O) groups excluding carboxylic acids is 1. The van der Waals surface area contributed by atoms with Gasteiger partial charge < -0.3 is 4.90 Å². The van der Waals surface area contributed by atoms with E-state index in [4.69, 9.17) is 5.84 Å². The summed E-state index contributed by atoms with van der Waals surface area (Å²) in [5.74, 6) is 6.10. The quantitative estimate of drug-likeness (QED) is 0.658. The highest BCUT2D eigenvalue weighted by Crippen LogP contribution is 2.34.